The number of amides is 3. The topological polar surface area (TPSA) is 154 Å². The number of alkyl halides is 3. The number of piperazine rings is 1. The van der Waals surface area contributed by atoms with Gasteiger partial charge in [0.25, 0.3) is 5.91 Å². The summed E-state index contributed by atoms with van der Waals surface area (Å²) >= 11 is 6.57. The van der Waals surface area contributed by atoms with Crippen LogP contribution in [0.3, 0.4) is 0 Å². The van der Waals surface area contributed by atoms with Gasteiger partial charge in [-0.05, 0) is 61.4 Å². The van der Waals surface area contributed by atoms with E-state index < -0.39 is 30.2 Å². The molecule has 304 valence electrons. The minimum Gasteiger partial charge on any atom is -0.453 e. The van der Waals surface area contributed by atoms with Gasteiger partial charge in [-0.15, -0.1) is 13.2 Å². The van der Waals surface area contributed by atoms with Crippen molar-refractivity contribution in [2.45, 2.75) is 71.6 Å². The van der Waals surface area contributed by atoms with E-state index in [0.717, 1.165) is 19.2 Å². The van der Waals surface area contributed by atoms with Crippen LogP contribution in [-0.2, 0) is 9.53 Å². The Morgan fingerprint density at radius 2 is 1.70 bits per heavy atom. The second-order valence-corrected chi connectivity index (χ2v) is 15.4. The Kier molecular flexibility index (Phi) is 12.3. The van der Waals surface area contributed by atoms with Crippen LogP contribution in [0.4, 0.5) is 29.5 Å². The zero-order chi connectivity index (χ0) is 41.2. The number of anilines is 2. The van der Waals surface area contributed by atoms with Crippen LogP contribution in [0, 0.1) is 11.8 Å². The fourth-order valence-corrected chi connectivity index (χ4v) is 7.43. The number of carbonyl (C=O) groups is 3. The van der Waals surface area contributed by atoms with E-state index in [2.05, 4.69) is 54.4 Å². The van der Waals surface area contributed by atoms with Gasteiger partial charge in [-0.3, -0.25) is 9.59 Å². The number of hydrogen-bond acceptors (Lipinski definition) is 9. The van der Waals surface area contributed by atoms with Gasteiger partial charge in [0.15, 0.2) is 0 Å². The van der Waals surface area contributed by atoms with E-state index in [4.69, 9.17) is 16.3 Å². The Labute approximate surface area is 333 Å². The van der Waals surface area contributed by atoms with Crippen LogP contribution < -0.4 is 25.6 Å². The van der Waals surface area contributed by atoms with E-state index in [1.807, 2.05) is 20.8 Å². The van der Waals surface area contributed by atoms with Gasteiger partial charge in [0, 0.05) is 49.5 Å². The van der Waals surface area contributed by atoms with Crippen LogP contribution in [0.2, 0.25) is 5.02 Å². The maximum Gasteiger partial charge on any atom is 0.573 e. The summed E-state index contributed by atoms with van der Waals surface area (Å²) in [5.74, 6) is -0.149. The predicted octanol–water partition coefficient (Wildman–Crippen LogP) is 7.42. The number of carbonyl (C=O) groups excluding carboxylic acids is 3. The number of rotatable bonds is 10. The first-order chi connectivity index (χ1) is 27.0. The van der Waals surface area contributed by atoms with Gasteiger partial charge in [-0.2, -0.15) is 0 Å². The molecule has 2 fully saturated rings. The molecule has 2 aromatic carbocycles. The quantitative estimate of drug-likeness (QED) is 0.128. The van der Waals surface area contributed by atoms with Crippen molar-refractivity contribution in [2.75, 3.05) is 37.0 Å². The lowest BCUT2D eigenvalue weighted by molar-refractivity contribution is -0.274. The van der Waals surface area contributed by atoms with E-state index in [-0.39, 0.29) is 57.7 Å². The summed E-state index contributed by atoms with van der Waals surface area (Å²) in [6, 6.07) is 11.7. The molecule has 0 spiro atoms. The fraction of sp³-hybridized carbons (Fsp3) is 0.425. The number of nitrogens with zero attached hydrogens (tertiary/aromatic N) is 4. The third-order valence-corrected chi connectivity index (χ3v) is 10.5. The second kappa shape index (κ2) is 17.0. The van der Waals surface area contributed by atoms with Crippen molar-refractivity contribution in [3.05, 3.63) is 77.3 Å². The van der Waals surface area contributed by atoms with Crippen LogP contribution in [0.5, 0.6) is 5.75 Å². The molecule has 17 heteroatoms. The van der Waals surface area contributed by atoms with E-state index in [1.165, 1.54) is 19.4 Å². The average Bonchev–Trinajstić information content (AvgIpc) is 3.82. The fourth-order valence-electron chi connectivity index (χ4n) is 7.22. The number of aromatic amines is 1. The third kappa shape index (κ3) is 9.62. The predicted molar refractivity (Wildman–Crippen MR) is 210 cm³/mol. The lowest BCUT2D eigenvalue weighted by Gasteiger charge is -2.38. The summed E-state index contributed by atoms with van der Waals surface area (Å²) in [4.78, 5) is 55.1. The number of benzene rings is 2. The molecule has 4 N–H and O–H groups in total. The van der Waals surface area contributed by atoms with E-state index in [1.54, 1.807) is 47.5 Å². The van der Waals surface area contributed by atoms with Crippen molar-refractivity contribution in [3.63, 3.8) is 0 Å². The Hall–Kier alpha value is -5.35. The van der Waals surface area contributed by atoms with Crippen molar-refractivity contribution in [1.29, 1.82) is 0 Å². The Balaban J connectivity index is 1.20. The standard InChI is InChI=1S/C40H46ClF3N8O5/c1-21(2)35(50-39(55)56-6)38(54)52-19-22(3)13-32(52)36-47-18-31(48-36)26-9-7-25(8-10-26)28-14-29(41)30(15-33(28)57-40(42,43)44)49-37(53)27-11-12-34(46-17-27)51-20-23(4)45-16-24(51)5/h7-12,14-15,17-18,21-24,32,35,45H,13,16,19-20H2,1-6H3,(H,47,48)(H,49,53)(H,50,55)/t22-,23-,24+,32-,35-/m0/s1. The Bertz CT molecular complexity index is 2080. The van der Waals surface area contributed by atoms with E-state index >= 15 is 0 Å². The number of H-pyrrole nitrogens is 1. The molecule has 0 aliphatic carbocycles. The van der Waals surface area contributed by atoms with Gasteiger partial charge in [0.1, 0.15) is 23.4 Å². The van der Waals surface area contributed by atoms with Crippen LogP contribution in [-0.4, -0.2) is 89.0 Å². The smallest absolute Gasteiger partial charge is 0.453 e. The summed E-state index contributed by atoms with van der Waals surface area (Å²) in [5.41, 5.74) is 1.85. The van der Waals surface area contributed by atoms with Gasteiger partial charge in [0.05, 0.1) is 41.3 Å². The van der Waals surface area contributed by atoms with Gasteiger partial charge in [0.2, 0.25) is 5.91 Å². The number of imidazole rings is 1. The van der Waals surface area contributed by atoms with Gasteiger partial charge >= 0.3 is 12.5 Å². The monoisotopic (exact) mass is 810 g/mol. The molecular weight excluding hydrogens is 765 g/mol. The number of hydrogen-bond donors (Lipinski definition) is 4. The lowest BCUT2D eigenvalue weighted by atomic mass is 10.0. The first-order valence-electron chi connectivity index (χ1n) is 18.7. The van der Waals surface area contributed by atoms with Crippen LogP contribution in [0.1, 0.15) is 63.3 Å². The van der Waals surface area contributed by atoms with Crippen molar-refractivity contribution in [2.24, 2.45) is 11.8 Å². The van der Waals surface area contributed by atoms with Gasteiger partial charge in [-0.1, -0.05) is 56.6 Å². The number of halogens is 4. The molecule has 6 rings (SSSR count). The highest BCUT2D eigenvalue weighted by Gasteiger charge is 2.40. The van der Waals surface area contributed by atoms with Crippen molar-refractivity contribution in [1.82, 2.24) is 30.5 Å². The molecule has 4 aromatic rings. The molecule has 57 heavy (non-hydrogen) atoms. The number of nitrogens with one attached hydrogen (secondary N) is 4. The molecular formula is C40H46ClF3N8O5. The van der Waals surface area contributed by atoms with E-state index in [9.17, 15) is 27.6 Å². The third-order valence-electron chi connectivity index (χ3n) is 10.2. The number of methoxy groups -OCH3 is 1. The highest BCUT2D eigenvalue weighted by atomic mass is 35.5. The summed E-state index contributed by atoms with van der Waals surface area (Å²) < 4.78 is 50.2. The minimum atomic E-state index is -5.04. The molecule has 13 nitrogen and oxygen atoms in total. The number of aromatic nitrogens is 3. The summed E-state index contributed by atoms with van der Waals surface area (Å²) in [6.07, 6.45) is -2.03. The summed E-state index contributed by atoms with van der Waals surface area (Å²) in [5, 5.41) is 8.64. The van der Waals surface area contributed by atoms with Gasteiger partial charge < -0.3 is 40.2 Å². The zero-order valence-corrected chi connectivity index (χ0v) is 33.2. The van der Waals surface area contributed by atoms with Crippen LogP contribution in [0.25, 0.3) is 22.4 Å². The first kappa shape index (κ1) is 41.3. The highest BCUT2D eigenvalue weighted by Crippen LogP contribution is 2.41. The first-order valence-corrected chi connectivity index (χ1v) is 19.1. The number of pyridine rings is 1. The molecule has 2 saturated heterocycles. The Morgan fingerprint density at radius 1 is 0.982 bits per heavy atom. The minimum absolute atomic E-state index is 0.00486. The van der Waals surface area contributed by atoms with Crippen LogP contribution >= 0.6 is 11.6 Å². The SMILES string of the molecule is COC(=O)N[C@H](C(=O)N1C[C@@H](C)C[C@H]1c1ncc(-c2ccc(-c3cc(Cl)c(NC(=O)c4ccc(N5C[C@H](C)NC[C@H]5C)nc4)cc3OC(F)(F)F)cc2)[nH]1)C(C)C. The zero-order valence-electron chi connectivity index (χ0n) is 32.4. The van der Waals surface area contributed by atoms with Gasteiger partial charge in [-0.25, -0.2) is 14.8 Å². The molecule has 0 unspecified atom stereocenters. The van der Waals surface area contributed by atoms with Crippen molar-refractivity contribution in [3.8, 4) is 28.1 Å². The highest BCUT2D eigenvalue weighted by molar-refractivity contribution is 6.34. The molecule has 0 bridgehead atoms. The number of ether oxygens (including phenoxy) is 2. The molecule has 0 saturated carbocycles. The molecule has 2 aliphatic heterocycles. The largest absolute Gasteiger partial charge is 0.573 e. The molecule has 3 amide bonds. The second-order valence-electron chi connectivity index (χ2n) is 15.0. The summed E-state index contributed by atoms with van der Waals surface area (Å²) in [6.45, 7) is 11.9. The molecule has 5 atom stereocenters. The Morgan fingerprint density at radius 3 is 2.35 bits per heavy atom. The maximum absolute atomic E-state index is 13.7. The van der Waals surface area contributed by atoms with Crippen LogP contribution in [0.15, 0.2) is 60.9 Å². The molecule has 4 heterocycles. The normalized spacial score (nSPS) is 20.3. The molecule has 2 aliphatic rings. The summed E-state index contributed by atoms with van der Waals surface area (Å²) in [7, 11) is 1.24. The average molecular weight is 811 g/mol. The lowest BCUT2D eigenvalue weighted by Crippen LogP contribution is -2.54. The maximum atomic E-state index is 13.7. The number of alkyl carbamates (subject to hydrolysis) is 1. The molecule has 2 aromatic heterocycles. The molecule has 0 radical (unpaired) electrons. The number of likely N-dealkylation sites (tertiary alicyclic amines) is 1. The van der Waals surface area contributed by atoms with E-state index in [0.29, 0.717) is 41.4 Å². The van der Waals surface area contributed by atoms with Crippen molar-refractivity contribution >= 4 is 41.0 Å². The van der Waals surface area contributed by atoms with Crippen molar-refractivity contribution < 1.29 is 37.0 Å².